The first-order valence-electron chi connectivity index (χ1n) is 14.5. The number of amides is 2. The lowest BCUT2D eigenvalue weighted by Gasteiger charge is -2.34. The second-order valence-electron chi connectivity index (χ2n) is 10.7. The summed E-state index contributed by atoms with van der Waals surface area (Å²) in [5.41, 5.74) is 0.889. The molecular formula is C32H36Cl3N3O5S. The monoisotopic (exact) mass is 679 g/mol. The van der Waals surface area contributed by atoms with Crippen molar-refractivity contribution in [2.45, 2.75) is 69.0 Å². The Balaban J connectivity index is 1.71. The second-order valence-corrected chi connectivity index (χ2v) is 13.8. The lowest BCUT2D eigenvalue weighted by Crippen LogP contribution is -2.54. The molecule has 0 saturated heterocycles. The molecule has 1 N–H and O–H groups in total. The van der Waals surface area contributed by atoms with E-state index in [-0.39, 0.29) is 29.1 Å². The van der Waals surface area contributed by atoms with E-state index in [0.29, 0.717) is 32.8 Å². The standard InChI is InChI=1S/C32H36Cl3N3O5S/c1-3-30(32(40)36-24-7-5-4-6-8-24)37(20-22-9-18-28(34)29(35)19-22)31(39)21-38(25-12-10-23(33)11-13-25)44(41,42)27-16-14-26(43-2)15-17-27/h9-19,24,30H,3-8,20-21H2,1-2H3,(H,36,40)/t30-/m0/s1. The van der Waals surface area contributed by atoms with Crippen molar-refractivity contribution >= 4 is 62.3 Å². The lowest BCUT2D eigenvalue weighted by molar-refractivity contribution is -0.140. The Labute approximate surface area is 274 Å². The van der Waals surface area contributed by atoms with Crippen molar-refractivity contribution in [3.8, 4) is 5.75 Å². The van der Waals surface area contributed by atoms with E-state index in [1.807, 2.05) is 6.92 Å². The van der Waals surface area contributed by atoms with Crippen LogP contribution in [0.1, 0.15) is 51.0 Å². The molecule has 44 heavy (non-hydrogen) atoms. The first-order valence-corrected chi connectivity index (χ1v) is 17.1. The van der Waals surface area contributed by atoms with Gasteiger partial charge >= 0.3 is 0 Å². The average molecular weight is 681 g/mol. The van der Waals surface area contributed by atoms with Gasteiger partial charge in [0.2, 0.25) is 11.8 Å². The van der Waals surface area contributed by atoms with Crippen LogP contribution in [0.25, 0.3) is 0 Å². The van der Waals surface area contributed by atoms with Crippen molar-refractivity contribution in [2.24, 2.45) is 0 Å². The number of methoxy groups -OCH3 is 1. The van der Waals surface area contributed by atoms with Gasteiger partial charge in [-0.15, -0.1) is 0 Å². The predicted octanol–water partition coefficient (Wildman–Crippen LogP) is 7.11. The van der Waals surface area contributed by atoms with Crippen LogP contribution >= 0.6 is 34.8 Å². The van der Waals surface area contributed by atoms with Crippen molar-refractivity contribution in [3.63, 3.8) is 0 Å². The molecule has 3 aromatic carbocycles. The number of anilines is 1. The molecule has 0 bridgehead atoms. The number of nitrogens with one attached hydrogen (secondary N) is 1. The summed E-state index contributed by atoms with van der Waals surface area (Å²) >= 11 is 18.5. The molecule has 12 heteroatoms. The molecule has 4 rings (SSSR count). The number of benzene rings is 3. The van der Waals surface area contributed by atoms with Crippen LogP contribution in [0, 0.1) is 0 Å². The number of rotatable bonds is 12. The number of hydrogen-bond acceptors (Lipinski definition) is 5. The summed E-state index contributed by atoms with van der Waals surface area (Å²) in [6, 6.07) is 16.3. The molecule has 1 atom stereocenters. The summed E-state index contributed by atoms with van der Waals surface area (Å²) in [6.45, 7) is 1.28. The molecule has 0 radical (unpaired) electrons. The highest BCUT2D eigenvalue weighted by Gasteiger charge is 2.34. The maximum absolute atomic E-state index is 14.3. The van der Waals surface area contributed by atoms with Crippen molar-refractivity contribution in [3.05, 3.63) is 87.4 Å². The van der Waals surface area contributed by atoms with Gasteiger partial charge in [0.15, 0.2) is 0 Å². The number of sulfonamides is 1. The van der Waals surface area contributed by atoms with Gasteiger partial charge in [0, 0.05) is 17.6 Å². The summed E-state index contributed by atoms with van der Waals surface area (Å²) in [5.74, 6) is -0.349. The Kier molecular flexibility index (Phi) is 11.8. The highest BCUT2D eigenvalue weighted by Crippen LogP contribution is 2.28. The van der Waals surface area contributed by atoms with E-state index in [0.717, 1.165) is 36.4 Å². The molecule has 1 saturated carbocycles. The highest BCUT2D eigenvalue weighted by atomic mass is 35.5. The maximum Gasteiger partial charge on any atom is 0.264 e. The van der Waals surface area contributed by atoms with Gasteiger partial charge in [0.25, 0.3) is 10.0 Å². The molecule has 0 heterocycles. The zero-order chi connectivity index (χ0) is 31.9. The summed E-state index contributed by atoms with van der Waals surface area (Å²) in [7, 11) is -2.75. The third kappa shape index (κ3) is 8.38. The molecule has 1 aliphatic carbocycles. The van der Waals surface area contributed by atoms with Crippen LogP contribution in [0.3, 0.4) is 0 Å². The van der Waals surface area contributed by atoms with Crippen LogP contribution in [0.4, 0.5) is 5.69 Å². The first kappa shape index (κ1) is 33.9. The lowest BCUT2D eigenvalue weighted by atomic mass is 9.95. The van der Waals surface area contributed by atoms with Crippen molar-refractivity contribution < 1.29 is 22.7 Å². The fourth-order valence-electron chi connectivity index (χ4n) is 5.31. The number of hydrogen-bond donors (Lipinski definition) is 1. The van der Waals surface area contributed by atoms with E-state index in [9.17, 15) is 18.0 Å². The minimum absolute atomic E-state index is 0.0172. The number of carbonyl (C=O) groups is 2. The van der Waals surface area contributed by atoms with E-state index >= 15 is 0 Å². The molecular weight excluding hydrogens is 645 g/mol. The Morgan fingerprint density at radius 3 is 2.18 bits per heavy atom. The summed E-state index contributed by atoms with van der Waals surface area (Å²) < 4.78 is 34.3. The fourth-order valence-corrected chi connectivity index (χ4v) is 7.17. The predicted molar refractivity (Wildman–Crippen MR) is 175 cm³/mol. The molecule has 3 aromatic rings. The Morgan fingerprint density at radius 2 is 1.59 bits per heavy atom. The summed E-state index contributed by atoms with van der Waals surface area (Å²) in [4.78, 5) is 29.3. The molecule has 0 spiro atoms. The van der Waals surface area contributed by atoms with Gasteiger partial charge in [-0.2, -0.15) is 0 Å². The summed E-state index contributed by atoms with van der Waals surface area (Å²) in [6.07, 6.45) is 5.28. The molecule has 0 aromatic heterocycles. The zero-order valence-electron chi connectivity index (χ0n) is 24.6. The van der Waals surface area contributed by atoms with Gasteiger partial charge in [0.1, 0.15) is 18.3 Å². The summed E-state index contributed by atoms with van der Waals surface area (Å²) in [5, 5.41) is 4.20. The SMILES string of the molecule is CC[C@@H](C(=O)NC1CCCCC1)N(Cc1ccc(Cl)c(Cl)c1)C(=O)CN(c1ccc(Cl)cc1)S(=O)(=O)c1ccc(OC)cc1. The molecule has 1 aliphatic rings. The largest absolute Gasteiger partial charge is 0.497 e. The van der Waals surface area contributed by atoms with Gasteiger partial charge < -0.3 is 15.0 Å². The first-order chi connectivity index (χ1) is 21.0. The van der Waals surface area contributed by atoms with Crippen molar-refractivity contribution in [1.29, 1.82) is 0 Å². The molecule has 1 fully saturated rings. The Morgan fingerprint density at radius 1 is 0.932 bits per heavy atom. The number of halogens is 3. The zero-order valence-corrected chi connectivity index (χ0v) is 27.7. The van der Waals surface area contributed by atoms with E-state index in [2.05, 4.69) is 5.32 Å². The molecule has 8 nitrogen and oxygen atoms in total. The van der Waals surface area contributed by atoms with Crippen LogP contribution in [0.2, 0.25) is 15.1 Å². The van der Waals surface area contributed by atoms with E-state index in [1.54, 1.807) is 30.3 Å². The topological polar surface area (TPSA) is 96.0 Å². The van der Waals surface area contributed by atoms with Crippen molar-refractivity contribution in [1.82, 2.24) is 10.2 Å². The molecule has 0 aliphatic heterocycles. The Hall–Kier alpha value is -2.98. The van der Waals surface area contributed by atoms with Gasteiger partial charge in [-0.05, 0) is 85.5 Å². The van der Waals surface area contributed by atoms with Crippen LogP contribution in [0.15, 0.2) is 71.6 Å². The van der Waals surface area contributed by atoms with Crippen molar-refractivity contribution in [2.75, 3.05) is 18.0 Å². The fraction of sp³-hybridized carbons (Fsp3) is 0.375. The number of carbonyl (C=O) groups excluding carboxylic acids is 2. The van der Waals surface area contributed by atoms with E-state index in [1.165, 1.54) is 48.4 Å². The van der Waals surface area contributed by atoms with Gasteiger partial charge in [-0.1, -0.05) is 67.1 Å². The number of ether oxygens (including phenoxy) is 1. The average Bonchev–Trinajstić information content (AvgIpc) is 3.02. The highest BCUT2D eigenvalue weighted by molar-refractivity contribution is 7.92. The van der Waals surface area contributed by atoms with E-state index < -0.39 is 28.5 Å². The Bertz CT molecular complexity index is 1550. The quantitative estimate of drug-likeness (QED) is 0.220. The van der Waals surface area contributed by atoms with E-state index in [4.69, 9.17) is 39.5 Å². The van der Waals surface area contributed by atoms with Crippen LogP contribution < -0.4 is 14.4 Å². The molecule has 236 valence electrons. The molecule has 2 amide bonds. The maximum atomic E-state index is 14.3. The van der Waals surface area contributed by atoms with Gasteiger partial charge in [0.05, 0.1) is 27.7 Å². The smallest absolute Gasteiger partial charge is 0.264 e. The van der Waals surface area contributed by atoms with Crippen LogP contribution in [-0.4, -0.2) is 50.9 Å². The molecule has 0 unspecified atom stereocenters. The normalized spacial score (nSPS) is 14.5. The van der Waals surface area contributed by atoms with Crippen LogP contribution in [0.5, 0.6) is 5.75 Å². The number of nitrogens with zero attached hydrogens (tertiary/aromatic N) is 2. The minimum Gasteiger partial charge on any atom is -0.497 e. The van der Waals surface area contributed by atoms with Crippen LogP contribution in [-0.2, 0) is 26.2 Å². The van der Waals surface area contributed by atoms with Gasteiger partial charge in [-0.25, -0.2) is 8.42 Å². The van der Waals surface area contributed by atoms with Gasteiger partial charge in [-0.3, -0.25) is 13.9 Å². The minimum atomic E-state index is -4.23. The second kappa shape index (κ2) is 15.3. The third-order valence-electron chi connectivity index (χ3n) is 7.72. The third-order valence-corrected chi connectivity index (χ3v) is 10.5.